The summed E-state index contributed by atoms with van der Waals surface area (Å²) in [6, 6.07) is 10.7. The minimum Gasteiger partial charge on any atom is -0.459 e. The van der Waals surface area contributed by atoms with Gasteiger partial charge in [-0.2, -0.15) is 0 Å². The molecular weight excluding hydrogens is 611 g/mol. The molecule has 248 valence electrons. The third-order valence-corrected chi connectivity index (χ3v) is 8.15. The molecule has 0 aromatic heterocycles. The van der Waals surface area contributed by atoms with E-state index in [1.54, 1.807) is 63.3 Å². The molecule has 3 rings (SSSR count). The van der Waals surface area contributed by atoms with Crippen LogP contribution in [0.4, 0.5) is 4.39 Å². The molecule has 0 fully saturated rings. The molecule has 1 aliphatic rings. The van der Waals surface area contributed by atoms with Crippen LogP contribution in [0, 0.1) is 30.0 Å². The molecule has 46 heavy (non-hydrogen) atoms. The van der Waals surface area contributed by atoms with Crippen LogP contribution in [0.1, 0.15) is 64.2 Å². The molecule has 2 aromatic rings. The Balaban J connectivity index is 1.95. The third-order valence-electron chi connectivity index (χ3n) is 7.74. The first-order chi connectivity index (χ1) is 21.7. The monoisotopic (exact) mass is 654 g/mol. The zero-order chi connectivity index (χ0) is 34.0. The van der Waals surface area contributed by atoms with E-state index >= 15 is 0 Å². The van der Waals surface area contributed by atoms with Crippen LogP contribution in [-0.4, -0.2) is 48.5 Å². The fourth-order valence-electron chi connectivity index (χ4n) is 4.73. The van der Waals surface area contributed by atoms with Crippen molar-refractivity contribution in [1.29, 1.82) is 0 Å². The first-order valence-corrected chi connectivity index (χ1v) is 15.9. The fourth-order valence-corrected chi connectivity index (χ4v) is 4.94. The number of cyclic esters (lactones) is 2. The number of benzene rings is 2. The lowest BCUT2D eigenvalue weighted by Crippen LogP contribution is -2.51. The topological polar surface area (TPSA) is 111 Å². The maximum atomic E-state index is 14.3. The summed E-state index contributed by atoms with van der Waals surface area (Å²) >= 11 is 6.31. The predicted molar refractivity (Wildman–Crippen MR) is 176 cm³/mol. The van der Waals surface area contributed by atoms with Gasteiger partial charge in [0, 0.05) is 35.9 Å². The van der Waals surface area contributed by atoms with Gasteiger partial charge in [0.2, 0.25) is 11.8 Å². The second-order valence-corrected chi connectivity index (χ2v) is 13.2. The van der Waals surface area contributed by atoms with Gasteiger partial charge in [0.15, 0.2) is 6.10 Å². The van der Waals surface area contributed by atoms with E-state index in [1.807, 2.05) is 32.9 Å². The van der Waals surface area contributed by atoms with Gasteiger partial charge in [-0.15, -0.1) is 0 Å². The van der Waals surface area contributed by atoms with Crippen molar-refractivity contribution in [2.24, 2.45) is 17.3 Å². The van der Waals surface area contributed by atoms with Gasteiger partial charge in [-0.3, -0.25) is 14.4 Å². The second kappa shape index (κ2) is 16.5. The van der Waals surface area contributed by atoms with E-state index in [9.17, 15) is 23.6 Å². The summed E-state index contributed by atoms with van der Waals surface area (Å²) in [6.45, 7) is 10.6. The van der Waals surface area contributed by atoms with Gasteiger partial charge in [0.25, 0.3) is 0 Å². The standard InChI is InChI=1S/C36H44ClFN2O6/c1-22(2)18-31-34(43)45-30(24(4)15-17-26-10-7-8-11-28(26)38)12-9-13-32(41)40-29(20-25-16-14-23(3)27(37)19-25)33(42)39-21-36(5,6)35(44)46-31/h7-11,13-17,19,22,24,29-31H,12,18,20-21H2,1-6H3,(H,39,42)(H,40,41)/b13-9+,17-15+. The van der Waals surface area contributed by atoms with Crippen molar-refractivity contribution in [3.8, 4) is 0 Å². The van der Waals surface area contributed by atoms with Crippen molar-refractivity contribution < 1.29 is 33.0 Å². The van der Waals surface area contributed by atoms with Crippen LogP contribution in [0.5, 0.6) is 0 Å². The Hall–Kier alpha value is -3.98. The normalized spacial score (nSPS) is 22.9. The summed E-state index contributed by atoms with van der Waals surface area (Å²) in [7, 11) is 0. The first kappa shape index (κ1) is 36.5. The summed E-state index contributed by atoms with van der Waals surface area (Å²) in [5, 5.41) is 6.04. The molecule has 1 aliphatic heterocycles. The van der Waals surface area contributed by atoms with E-state index in [0.29, 0.717) is 10.6 Å². The zero-order valence-corrected chi connectivity index (χ0v) is 28.0. The van der Waals surface area contributed by atoms with Crippen LogP contribution in [-0.2, 0) is 35.1 Å². The maximum Gasteiger partial charge on any atom is 0.347 e. The van der Waals surface area contributed by atoms with Gasteiger partial charge in [-0.1, -0.05) is 80.9 Å². The fraction of sp³-hybridized carbons (Fsp3) is 0.444. The van der Waals surface area contributed by atoms with Crippen molar-refractivity contribution >= 4 is 41.4 Å². The van der Waals surface area contributed by atoms with Crippen molar-refractivity contribution in [3.05, 3.63) is 88.2 Å². The van der Waals surface area contributed by atoms with Gasteiger partial charge < -0.3 is 20.1 Å². The number of carbonyl (C=O) groups is 4. The quantitative estimate of drug-likeness (QED) is 0.347. The molecule has 8 nitrogen and oxygen atoms in total. The van der Waals surface area contributed by atoms with Gasteiger partial charge in [0.05, 0.1) is 5.41 Å². The molecule has 0 bridgehead atoms. The molecule has 2 N–H and O–H groups in total. The highest BCUT2D eigenvalue weighted by Crippen LogP contribution is 2.24. The smallest absolute Gasteiger partial charge is 0.347 e. The van der Waals surface area contributed by atoms with E-state index in [4.69, 9.17) is 21.1 Å². The van der Waals surface area contributed by atoms with E-state index in [0.717, 1.165) is 11.1 Å². The molecule has 10 heteroatoms. The highest BCUT2D eigenvalue weighted by Gasteiger charge is 2.37. The number of amides is 2. The molecule has 0 saturated carbocycles. The van der Waals surface area contributed by atoms with Crippen molar-refractivity contribution in [2.45, 2.75) is 79.1 Å². The van der Waals surface area contributed by atoms with Gasteiger partial charge in [0.1, 0.15) is 18.0 Å². The Morgan fingerprint density at radius 2 is 1.78 bits per heavy atom. The molecule has 0 radical (unpaired) electrons. The minimum atomic E-state index is -1.21. The number of ether oxygens (including phenoxy) is 2. The van der Waals surface area contributed by atoms with Crippen molar-refractivity contribution in [2.75, 3.05) is 6.54 Å². The Labute approximate surface area is 275 Å². The summed E-state index contributed by atoms with van der Waals surface area (Å²) in [5.41, 5.74) is 0.784. The Bertz CT molecular complexity index is 1470. The van der Waals surface area contributed by atoms with E-state index in [-0.39, 0.29) is 31.7 Å². The van der Waals surface area contributed by atoms with Crippen molar-refractivity contribution in [3.63, 3.8) is 0 Å². The average molecular weight is 655 g/mol. The zero-order valence-electron chi connectivity index (χ0n) is 27.3. The van der Waals surface area contributed by atoms with Crippen LogP contribution < -0.4 is 10.6 Å². The molecule has 4 atom stereocenters. The molecule has 2 amide bonds. The van der Waals surface area contributed by atoms with E-state index < -0.39 is 59.2 Å². The summed E-state index contributed by atoms with van der Waals surface area (Å²) in [5.74, 6) is -3.23. The molecule has 0 saturated heterocycles. The summed E-state index contributed by atoms with van der Waals surface area (Å²) in [4.78, 5) is 53.2. The van der Waals surface area contributed by atoms with Gasteiger partial charge >= 0.3 is 11.9 Å². The molecule has 0 aliphatic carbocycles. The number of nitrogens with one attached hydrogen (secondary N) is 2. The number of carbonyl (C=O) groups excluding carboxylic acids is 4. The largest absolute Gasteiger partial charge is 0.459 e. The predicted octanol–water partition coefficient (Wildman–Crippen LogP) is 6.14. The number of esters is 2. The molecule has 0 spiro atoms. The average Bonchev–Trinajstić information content (AvgIpc) is 2.99. The molecule has 1 heterocycles. The third kappa shape index (κ3) is 10.8. The molecule has 4 unspecified atom stereocenters. The number of halogens is 2. The van der Waals surface area contributed by atoms with Crippen LogP contribution in [0.15, 0.2) is 60.7 Å². The number of rotatable bonds is 7. The lowest BCUT2D eigenvalue weighted by atomic mass is 9.93. The Kier molecular flexibility index (Phi) is 13.1. The lowest BCUT2D eigenvalue weighted by Gasteiger charge is -2.29. The minimum absolute atomic E-state index is 0.00443. The number of aryl methyl sites for hydroxylation is 1. The summed E-state index contributed by atoms with van der Waals surface area (Å²) in [6.07, 6.45) is 4.72. The molecule has 2 aromatic carbocycles. The Morgan fingerprint density at radius 3 is 2.46 bits per heavy atom. The van der Waals surface area contributed by atoms with Crippen LogP contribution >= 0.6 is 11.6 Å². The SMILES string of the molecule is Cc1ccc(CC2NC(=O)/C=C/CC(C(C)/C=C/c3ccccc3F)OC(=O)C(CC(C)C)OC(=O)C(C)(C)CNC2=O)cc1Cl. The Morgan fingerprint density at radius 1 is 1.07 bits per heavy atom. The highest BCUT2D eigenvalue weighted by atomic mass is 35.5. The number of hydrogen-bond acceptors (Lipinski definition) is 6. The highest BCUT2D eigenvalue weighted by molar-refractivity contribution is 6.31. The summed E-state index contributed by atoms with van der Waals surface area (Å²) < 4.78 is 25.9. The number of hydrogen-bond donors (Lipinski definition) is 2. The van der Waals surface area contributed by atoms with Crippen LogP contribution in [0.25, 0.3) is 6.08 Å². The molecular formula is C36H44ClFN2O6. The lowest BCUT2D eigenvalue weighted by molar-refractivity contribution is -0.178. The van der Waals surface area contributed by atoms with Gasteiger partial charge in [-0.05, 0) is 62.4 Å². The second-order valence-electron chi connectivity index (χ2n) is 12.8. The van der Waals surface area contributed by atoms with Crippen LogP contribution in [0.3, 0.4) is 0 Å². The van der Waals surface area contributed by atoms with Crippen molar-refractivity contribution in [1.82, 2.24) is 10.6 Å². The van der Waals surface area contributed by atoms with E-state index in [2.05, 4.69) is 10.6 Å². The van der Waals surface area contributed by atoms with Crippen LogP contribution in [0.2, 0.25) is 5.02 Å². The van der Waals surface area contributed by atoms with E-state index in [1.165, 1.54) is 12.1 Å². The first-order valence-electron chi connectivity index (χ1n) is 15.5. The van der Waals surface area contributed by atoms with Gasteiger partial charge in [-0.25, -0.2) is 9.18 Å². The maximum absolute atomic E-state index is 14.3.